The first-order chi connectivity index (χ1) is 45.0. The van der Waals surface area contributed by atoms with Crippen molar-refractivity contribution in [1.29, 1.82) is 0 Å². The van der Waals surface area contributed by atoms with Crippen molar-refractivity contribution in [2.45, 2.75) is 125 Å². The summed E-state index contributed by atoms with van der Waals surface area (Å²) < 4.78 is 23.2. The van der Waals surface area contributed by atoms with Gasteiger partial charge in [-0.05, 0) is 89.1 Å². The van der Waals surface area contributed by atoms with E-state index in [9.17, 15) is 79.2 Å². The summed E-state index contributed by atoms with van der Waals surface area (Å²) in [6, 6.07) is 36.1. The summed E-state index contributed by atoms with van der Waals surface area (Å²) in [4.78, 5) is 102. The molecule has 12 atom stereocenters. The highest BCUT2D eigenvalue weighted by Gasteiger charge is 2.57. The summed E-state index contributed by atoms with van der Waals surface area (Å²) in [7, 11) is 0. The van der Waals surface area contributed by atoms with Crippen LogP contribution in [0.3, 0.4) is 0 Å². The molecule has 2 fully saturated rings. The number of benzene rings is 5. The van der Waals surface area contributed by atoms with Gasteiger partial charge in [-0.25, -0.2) is 9.59 Å². The summed E-state index contributed by atoms with van der Waals surface area (Å²) in [5.74, 6) is -9.85. The second-order valence-electron chi connectivity index (χ2n) is 22.5. The van der Waals surface area contributed by atoms with Gasteiger partial charge in [0.25, 0.3) is 23.4 Å². The van der Waals surface area contributed by atoms with Crippen molar-refractivity contribution in [3.63, 3.8) is 0 Å². The number of hydrogen-bond donors (Lipinski definition) is 14. The minimum absolute atomic E-state index is 0.0839. The van der Waals surface area contributed by atoms with Gasteiger partial charge in [0, 0.05) is 86.6 Å². The number of aliphatic hydroxyl groups is 6. The van der Waals surface area contributed by atoms with Crippen molar-refractivity contribution >= 4 is 82.3 Å². The van der Waals surface area contributed by atoms with Gasteiger partial charge in [0.2, 0.25) is 23.6 Å². The van der Waals surface area contributed by atoms with Crippen LogP contribution in [0.2, 0.25) is 0 Å². The maximum absolute atomic E-state index is 13.0. The third kappa shape index (κ3) is 21.1. The van der Waals surface area contributed by atoms with Crippen LogP contribution in [0.15, 0.2) is 133 Å². The van der Waals surface area contributed by atoms with Gasteiger partial charge in [0.05, 0.1) is 49.7 Å². The van der Waals surface area contributed by atoms with Gasteiger partial charge in [-0.2, -0.15) is 23.5 Å². The first kappa shape index (κ1) is 73.6. The van der Waals surface area contributed by atoms with E-state index in [1.807, 2.05) is 60.7 Å². The Bertz CT molecular complexity index is 3130. The zero-order valence-corrected chi connectivity index (χ0v) is 53.3. The number of carbonyl (C=O) groups is 8. The molecule has 2 aliphatic rings. The standard InChI is InChI=1S/C66H80N6O20S2/c1-39(73)69-55-49(75)35-65(63(85)86,91-59(55)57(81)51(77)37-67-61(83)45-22-18-43(19-23-45)41-12-5-3-6-13-41)89-28-10-30-93-32-26-53(79)71-47-16-9-17-48(34-47)72-54(80)27-33-94-31-11-29-90-66(64(87)88)36-50(76)56(70-40(2)74)60(92-66)58(82)52(78)38-68-62(84)46-24-20-44(21-25-46)42-14-7-4-8-15-42/h3-9,12-25,34,49-52,55-60,75-78,81-82H,10-11,26-33,35-38H2,1-2H3,(H,67,83)(H,68,84)(H,69,73)(H,70,74)(H,71,79)(H,72,80)(H,85,86)(H,87,88)/t49-,50?,51+,52+,55+,56+,57+,58+,59?,60+,65+,66+/m0/s1. The summed E-state index contributed by atoms with van der Waals surface area (Å²) in [5.41, 5.74) is 4.98. The molecule has 0 spiro atoms. The van der Waals surface area contributed by atoms with Gasteiger partial charge in [-0.15, -0.1) is 0 Å². The van der Waals surface area contributed by atoms with Gasteiger partial charge < -0.3 is 91.7 Å². The average molecular weight is 1340 g/mol. The van der Waals surface area contributed by atoms with Crippen molar-refractivity contribution in [2.24, 2.45) is 0 Å². The molecule has 5 aromatic rings. The smallest absolute Gasteiger partial charge is 0.364 e. The monoisotopic (exact) mass is 1340 g/mol. The Balaban J connectivity index is 0.786. The van der Waals surface area contributed by atoms with E-state index in [0.717, 1.165) is 36.1 Å². The van der Waals surface area contributed by atoms with E-state index >= 15 is 0 Å². The maximum Gasteiger partial charge on any atom is 0.364 e. The SMILES string of the molecule is CC(=O)N[C@@H]1C(O)C[C@](OCCCSCCC(=O)Nc2cccc(NC(=O)CCSCCCO[C@]3(C(=O)O)C[C@H](O)[C@@H](NC(C)=O)C([C@H](O)[C@H](O)CNC(=O)c4ccc(-c5ccccc5)cc4)O3)c2)(C(=O)O)O[C@H]1[C@H](O)[C@H](O)CNC(=O)c1ccc(-c2ccccc2)cc1. The predicted molar refractivity (Wildman–Crippen MR) is 348 cm³/mol. The summed E-state index contributed by atoms with van der Waals surface area (Å²) in [6.07, 6.45) is -14.7. The topological polar surface area (TPSA) is 408 Å². The van der Waals surface area contributed by atoms with Crippen LogP contribution in [0.5, 0.6) is 0 Å². The summed E-state index contributed by atoms with van der Waals surface area (Å²) >= 11 is 2.74. The van der Waals surface area contributed by atoms with Crippen molar-refractivity contribution in [3.8, 4) is 22.3 Å². The third-order valence-electron chi connectivity index (χ3n) is 15.4. The normalized spacial score (nSPS) is 22.3. The number of carboxylic acids is 2. The lowest BCUT2D eigenvalue weighted by atomic mass is 9.88. The zero-order valence-electron chi connectivity index (χ0n) is 51.7. The van der Waals surface area contributed by atoms with Crippen molar-refractivity contribution < 1.29 is 98.2 Å². The fourth-order valence-electron chi connectivity index (χ4n) is 10.5. The van der Waals surface area contributed by atoms with E-state index in [1.54, 1.807) is 72.8 Å². The van der Waals surface area contributed by atoms with Crippen LogP contribution < -0.4 is 31.9 Å². The molecule has 14 N–H and O–H groups in total. The molecular formula is C66H80N6O20S2. The second kappa shape index (κ2) is 35.6. The molecule has 506 valence electrons. The molecule has 0 saturated carbocycles. The number of amides is 6. The fraction of sp³-hybridized carbons (Fsp3) is 0.424. The van der Waals surface area contributed by atoms with E-state index in [4.69, 9.17) is 18.9 Å². The lowest BCUT2D eigenvalue weighted by Crippen LogP contribution is -2.68. The van der Waals surface area contributed by atoms with Crippen LogP contribution in [0.25, 0.3) is 22.3 Å². The lowest BCUT2D eigenvalue weighted by molar-refractivity contribution is -0.310. The molecule has 2 heterocycles. The molecule has 2 aliphatic heterocycles. The van der Waals surface area contributed by atoms with Crippen molar-refractivity contribution in [3.05, 3.63) is 145 Å². The Kier molecular flexibility index (Phi) is 27.9. The van der Waals surface area contributed by atoms with Gasteiger partial charge in [-0.3, -0.25) is 28.8 Å². The summed E-state index contributed by atoms with van der Waals surface area (Å²) in [6.45, 7) is 0.853. The van der Waals surface area contributed by atoms with Crippen LogP contribution in [0, 0.1) is 0 Å². The molecule has 0 radical (unpaired) electrons. The van der Waals surface area contributed by atoms with Crippen LogP contribution in [-0.4, -0.2) is 210 Å². The molecule has 0 aromatic heterocycles. The highest BCUT2D eigenvalue weighted by Crippen LogP contribution is 2.36. The van der Waals surface area contributed by atoms with E-state index in [-0.39, 0.29) is 61.8 Å². The number of thioether (sulfide) groups is 2. The lowest BCUT2D eigenvalue weighted by Gasteiger charge is -2.46. The molecule has 2 saturated heterocycles. The van der Waals surface area contributed by atoms with E-state index in [1.165, 1.54) is 23.5 Å². The minimum Gasteiger partial charge on any atom is -0.477 e. The van der Waals surface area contributed by atoms with Crippen molar-refractivity contribution in [2.75, 3.05) is 59.9 Å². The van der Waals surface area contributed by atoms with Gasteiger partial charge in [0.15, 0.2) is 0 Å². The Labute approximate surface area is 550 Å². The van der Waals surface area contributed by atoms with Crippen molar-refractivity contribution in [1.82, 2.24) is 21.3 Å². The van der Waals surface area contributed by atoms with Crippen LogP contribution in [0.1, 0.15) is 73.1 Å². The van der Waals surface area contributed by atoms with E-state index in [2.05, 4.69) is 31.9 Å². The van der Waals surface area contributed by atoms with Gasteiger partial charge >= 0.3 is 11.9 Å². The highest BCUT2D eigenvalue weighted by molar-refractivity contribution is 7.99. The number of ether oxygens (including phenoxy) is 4. The van der Waals surface area contributed by atoms with Gasteiger partial charge in [0.1, 0.15) is 24.4 Å². The summed E-state index contributed by atoms with van der Waals surface area (Å²) in [5, 5.41) is 103. The average Bonchev–Trinajstić information content (AvgIpc) is 0.777. The second-order valence-corrected chi connectivity index (χ2v) is 25.0. The molecular weight excluding hydrogens is 1260 g/mol. The number of carboxylic acid groups (broad SMARTS) is 2. The molecule has 6 amide bonds. The number of carbonyl (C=O) groups excluding carboxylic acids is 6. The Morgan fingerprint density at radius 2 is 0.872 bits per heavy atom. The first-order valence-corrected chi connectivity index (χ1v) is 32.7. The fourth-order valence-corrected chi connectivity index (χ4v) is 12.2. The molecule has 0 bridgehead atoms. The number of nitrogens with one attached hydrogen (secondary N) is 6. The number of aliphatic hydroxyl groups excluding tert-OH is 6. The number of hydrogen-bond acceptors (Lipinski definition) is 20. The molecule has 26 nitrogen and oxygen atoms in total. The molecule has 94 heavy (non-hydrogen) atoms. The third-order valence-corrected chi connectivity index (χ3v) is 17.5. The Hall–Kier alpha value is -7.84. The number of aliphatic carboxylic acids is 2. The molecule has 2 unspecified atom stereocenters. The Morgan fingerprint density at radius 3 is 1.22 bits per heavy atom. The quantitative estimate of drug-likeness (QED) is 0.0263. The molecule has 5 aromatic carbocycles. The maximum atomic E-state index is 13.0. The minimum atomic E-state index is -2.51. The van der Waals surface area contributed by atoms with Gasteiger partial charge in [-0.1, -0.05) is 91.0 Å². The number of anilines is 2. The molecule has 0 aliphatic carbocycles. The molecule has 7 rings (SSSR count). The van der Waals surface area contributed by atoms with Crippen LogP contribution >= 0.6 is 23.5 Å². The van der Waals surface area contributed by atoms with Crippen LogP contribution in [-0.2, 0) is 47.7 Å². The van der Waals surface area contributed by atoms with Crippen LogP contribution in [0.4, 0.5) is 11.4 Å². The predicted octanol–water partition coefficient (Wildman–Crippen LogP) is 3.13. The van der Waals surface area contributed by atoms with E-state index < -0.39 is 134 Å². The number of rotatable bonds is 34. The largest absolute Gasteiger partial charge is 0.477 e. The Morgan fingerprint density at radius 1 is 0.511 bits per heavy atom. The zero-order chi connectivity index (χ0) is 68.0. The van der Waals surface area contributed by atoms with E-state index in [0.29, 0.717) is 34.4 Å². The first-order valence-electron chi connectivity index (χ1n) is 30.4. The highest BCUT2D eigenvalue weighted by atomic mass is 32.2. The molecule has 28 heteroatoms.